The zero-order valence-corrected chi connectivity index (χ0v) is 14.9. The molecule has 1 saturated carbocycles. The maximum atomic E-state index is 14.4. The van der Waals surface area contributed by atoms with E-state index >= 15 is 0 Å². The van der Waals surface area contributed by atoms with Crippen molar-refractivity contribution >= 4 is 12.4 Å². The fourth-order valence-corrected chi connectivity index (χ4v) is 3.49. The van der Waals surface area contributed by atoms with Crippen LogP contribution >= 0.6 is 0 Å². The molecule has 6 nitrogen and oxygen atoms in total. The number of carbonyl (C=O) groups excluding carboxylic acids is 1. The molecule has 1 aliphatic heterocycles. The minimum Gasteiger partial charge on any atom is -0.483 e. The van der Waals surface area contributed by atoms with Crippen molar-refractivity contribution in [2.45, 2.75) is 38.8 Å². The largest absolute Gasteiger partial charge is 0.483 e. The molecule has 1 aromatic heterocycles. The van der Waals surface area contributed by atoms with Crippen LogP contribution in [0.25, 0.3) is 11.4 Å². The third-order valence-electron chi connectivity index (χ3n) is 4.90. The van der Waals surface area contributed by atoms with Crippen molar-refractivity contribution in [1.29, 1.82) is 0 Å². The molecular formula is C19H21F2N3O3. The summed E-state index contributed by atoms with van der Waals surface area (Å²) in [5.74, 6) is -0.567. The predicted molar refractivity (Wildman–Crippen MR) is 93.9 cm³/mol. The average Bonchev–Trinajstić information content (AvgIpc) is 3.27. The van der Waals surface area contributed by atoms with Gasteiger partial charge in [-0.3, -0.25) is 9.59 Å². The molecule has 2 aliphatic rings. The molecule has 1 aromatic carbocycles. The van der Waals surface area contributed by atoms with Gasteiger partial charge in [0.1, 0.15) is 17.5 Å². The molecule has 2 aromatic rings. The van der Waals surface area contributed by atoms with Gasteiger partial charge in [-0.25, -0.2) is 13.8 Å². The van der Waals surface area contributed by atoms with Crippen molar-refractivity contribution in [3.8, 4) is 11.4 Å². The number of nitrogens with zero attached hydrogens (tertiary/aromatic N) is 3. The molecule has 0 bridgehead atoms. The van der Waals surface area contributed by atoms with Gasteiger partial charge in [0.05, 0.1) is 5.56 Å². The van der Waals surface area contributed by atoms with E-state index in [4.69, 9.17) is 9.90 Å². The van der Waals surface area contributed by atoms with Gasteiger partial charge in [0.2, 0.25) is 5.91 Å². The van der Waals surface area contributed by atoms with Gasteiger partial charge in [-0.1, -0.05) is 6.07 Å². The molecule has 27 heavy (non-hydrogen) atoms. The third-order valence-corrected chi connectivity index (χ3v) is 4.90. The molecule has 1 N–H and O–H groups in total. The second-order valence-electron chi connectivity index (χ2n) is 6.91. The Bertz CT molecular complexity index is 849. The number of halogens is 2. The normalized spacial score (nSPS) is 19.0. The van der Waals surface area contributed by atoms with Crippen LogP contribution in [0.3, 0.4) is 0 Å². The monoisotopic (exact) mass is 377 g/mol. The topological polar surface area (TPSA) is 75.4 Å². The summed E-state index contributed by atoms with van der Waals surface area (Å²) >= 11 is 0. The summed E-state index contributed by atoms with van der Waals surface area (Å²) in [6, 6.07) is 3.10. The number of hydrogen-bond donors (Lipinski definition) is 1. The van der Waals surface area contributed by atoms with Crippen molar-refractivity contribution in [3.63, 3.8) is 0 Å². The van der Waals surface area contributed by atoms with Crippen LogP contribution in [-0.2, 0) is 16.1 Å². The molecular weight excluding hydrogens is 356 g/mol. The van der Waals surface area contributed by atoms with E-state index in [1.807, 2.05) is 4.90 Å². The van der Waals surface area contributed by atoms with Crippen LogP contribution in [0.4, 0.5) is 8.78 Å². The lowest BCUT2D eigenvalue weighted by Crippen LogP contribution is -2.27. The molecule has 0 radical (unpaired) electrons. The van der Waals surface area contributed by atoms with Crippen LogP contribution in [0.1, 0.15) is 24.8 Å². The Labute approximate surface area is 155 Å². The second kappa shape index (κ2) is 7.85. The van der Waals surface area contributed by atoms with E-state index in [2.05, 4.69) is 4.98 Å². The number of imidazole rings is 1. The quantitative estimate of drug-likeness (QED) is 0.832. The maximum absolute atomic E-state index is 14.4. The lowest BCUT2D eigenvalue weighted by atomic mass is 10.1. The van der Waals surface area contributed by atoms with Gasteiger partial charge in [-0.05, 0) is 31.4 Å². The Kier molecular flexibility index (Phi) is 5.53. The van der Waals surface area contributed by atoms with Gasteiger partial charge in [-0.2, -0.15) is 0 Å². The molecule has 1 amide bonds. The zero-order valence-electron chi connectivity index (χ0n) is 14.9. The number of hydrogen-bond acceptors (Lipinski definition) is 3. The zero-order chi connectivity index (χ0) is 19.6. The van der Waals surface area contributed by atoms with Gasteiger partial charge >= 0.3 is 0 Å². The summed E-state index contributed by atoms with van der Waals surface area (Å²) in [5, 5.41) is 6.89. The van der Waals surface area contributed by atoms with Gasteiger partial charge in [0, 0.05) is 43.9 Å². The second-order valence-corrected chi connectivity index (χ2v) is 6.91. The standard InChI is InChI=1S/C18H19F2N3O.CH2O2/c1-11-2-5-14(19)16(17(11)20)18-21-6-7-22(18)9-12-8-15(24)23(10-12)13-3-4-13;2-1-3/h2,5-7,12-13H,3-4,8-10H2,1H3;1H,(H,2,3). The van der Waals surface area contributed by atoms with Crippen LogP contribution in [0.15, 0.2) is 24.5 Å². The number of carboxylic acid groups (broad SMARTS) is 1. The Morgan fingerprint density at radius 3 is 2.70 bits per heavy atom. The average molecular weight is 377 g/mol. The highest BCUT2D eigenvalue weighted by Gasteiger charge is 2.39. The molecule has 1 unspecified atom stereocenters. The van der Waals surface area contributed by atoms with Gasteiger partial charge in [0.15, 0.2) is 0 Å². The number of aromatic nitrogens is 2. The Balaban J connectivity index is 0.000000659. The van der Waals surface area contributed by atoms with E-state index in [9.17, 15) is 13.6 Å². The fourth-order valence-electron chi connectivity index (χ4n) is 3.49. The molecule has 0 spiro atoms. The third kappa shape index (κ3) is 3.99. The molecule has 144 valence electrons. The Morgan fingerprint density at radius 2 is 2.04 bits per heavy atom. The summed E-state index contributed by atoms with van der Waals surface area (Å²) in [7, 11) is 0. The fraction of sp³-hybridized carbons (Fsp3) is 0.421. The van der Waals surface area contributed by atoms with E-state index in [-0.39, 0.29) is 29.7 Å². The number of carbonyl (C=O) groups is 2. The van der Waals surface area contributed by atoms with Crippen LogP contribution in [0.5, 0.6) is 0 Å². The first kappa shape index (κ1) is 19.0. The van der Waals surface area contributed by atoms with Crippen molar-refractivity contribution < 1.29 is 23.5 Å². The number of benzene rings is 1. The van der Waals surface area contributed by atoms with E-state index in [0.717, 1.165) is 19.4 Å². The highest BCUT2D eigenvalue weighted by Crippen LogP contribution is 2.34. The van der Waals surface area contributed by atoms with E-state index in [1.165, 1.54) is 12.1 Å². The molecule has 1 saturated heterocycles. The number of likely N-dealkylation sites (tertiary alicyclic amines) is 1. The molecule has 1 atom stereocenters. The first-order valence-corrected chi connectivity index (χ1v) is 8.79. The number of amides is 1. The highest BCUT2D eigenvalue weighted by atomic mass is 19.1. The number of aryl methyl sites for hydroxylation is 1. The summed E-state index contributed by atoms with van der Waals surface area (Å²) < 4.78 is 30.3. The molecule has 2 heterocycles. The molecule has 2 fully saturated rings. The van der Waals surface area contributed by atoms with Gasteiger partial charge < -0.3 is 14.6 Å². The van der Waals surface area contributed by atoms with Crippen LogP contribution < -0.4 is 0 Å². The lowest BCUT2D eigenvalue weighted by molar-refractivity contribution is -0.128. The maximum Gasteiger partial charge on any atom is 0.290 e. The Morgan fingerprint density at radius 1 is 1.33 bits per heavy atom. The predicted octanol–water partition coefficient (Wildman–Crippen LogP) is 2.85. The van der Waals surface area contributed by atoms with Crippen LogP contribution in [0, 0.1) is 24.5 Å². The smallest absolute Gasteiger partial charge is 0.290 e. The highest BCUT2D eigenvalue weighted by molar-refractivity contribution is 5.79. The van der Waals surface area contributed by atoms with Crippen molar-refractivity contribution in [2.75, 3.05) is 6.54 Å². The van der Waals surface area contributed by atoms with Gasteiger partial charge in [-0.15, -0.1) is 0 Å². The minimum absolute atomic E-state index is 0.0941. The van der Waals surface area contributed by atoms with E-state index in [0.29, 0.717) is 24.6 Å². The van der Waals surface area contributed by atoms with Crippen molar-refractivity contribution in [1.82, 2.24) is 14.5 Å². The molecule has 8 heteroatoms. The van der Waals surface area contributed by atoms with Crippen molar-refractivity contribution in [3.05, 3.63) is 41.7 Å². The number of rotatable bonds is 4. The van der Waals surface area contributed by atoms with E-state index < -0.39 is 11.6 Å². The molecule has 4 rings (SSSR count). The first-order chi connectivity index (χ1) is 13.0. The minimum atomic E-state index is -0.618. The summed E-state index contributed by atoms with van der Waals surface area (Å²) in [6.45, 7) is 2.62. The summed E-state index contributed by atoms with van der Waals surface area (Å²) in [4.78, 5) is 26.6. The lowest BCUT2D eigenvalue weighted by Gasteiger charge is -2.17. The van der Waals surface area contributed by atoms with Crippen LogP contribution in [-0.4, -0.2) is 44.5 Å². The van der Waals surface area contributed by atoms with Gasteiger partial charge in [0.25, 0.3) is 6.47 Å². The van der Waals surface area contributed by atoms with Crippen LogP contribution in [0.2, 0.25) is 0 Å². The van der Waals surface area contributed by atoms with Crippen molar-refractivity contribution in [2.24, 2.45) is 5.92 Å². The summed E-state index contributed by atoms with van der Waals surface area (Å²) in [6.07, 6.45) is 5.95. The molecule has 1 aliphatic carbocycles. The Hall–Kier alpha value is -2.77. The SMILES string of the molecule is Cc1ccc(F)c(-c2nccn2CC2CC(=O)N(C3CC3)C2)c1F.O=CO. The first-order valence-electron chi connectivity index (χ1n) is 8.79. The summed E-state index contributed by atoms with van der Waals surface area (Å²) in [5.41, 5.74) is 0.292. The van der Waals surface area contributed by atoms with E-state index in [1.54, 1.807) is 23.9 Å².